The topological polar surface area (TPSA) is 125 Å². The van der Waals surface area contributed by atoms with Crippen LogP contribution in [-0.4, -0.2) is 28.1 Å². The summed E-state index contributed by atoms with van der Waals surface area (Å²) in [6, 6.07) is 9.76. The lowest BCUT2D eigenvalue weighted by molar-refractivity contribution is -0.124. The van der Waals surface area contributed by atoms with Crippen molar-refractivity contribution in [1.29, 1.82) is 0 Å². The average molecular weight is 598 g/mol. The smallest absolute Gasteiger partial charge is 0.412 e. The quantitative estimate of drug-likeness (QED) is 0.117. The number of benzene rings is 2. The Morgan fingerprint density at radius 1 is 1.15 bits per heavy atom. The van der Waals surface area contributed by atoms with E-state index in [9.17, 15) is 19.5 Å². The van der Waals surface area contributed by atoms with Crippen molar-refractivity contribution in [3.8, 4) is 5.75 Å². The molecule has 0 bridgehead atoms. The van der Waals surface area contributed by atoms with Gasteiger partial charge in [-0.25, -0.2) is 10.3 Å². The number of ether oxygens (including phenoxy) is 1. The Bertz CT molecular complexity index is 1080. The molecule has 34 heavy (non-hydrogen) atoms. The van der Waals surface area contributed by atoms with Gasteiger partial charge in [0.15, 0.2) is 5.78 Å². The monoisotopic (exact) mass is 596 g/mol. The molecule has 0 aromatic heterocycles. The molecule has 182 valence electrons. The molecular weight excluding hydrogens is 572 g/mol. The van der Waals surface area contributed by atoms with Gasteiger partial charge in [0.1, 0.15) is 11.9 Å². The van der Waals surface area contributed by atoms with Crippen LogP contribution in [0.5, 0.6) is 5.75 Å². The Kier molecular flexibility index (Phi) is 9.84. The first-order valence-corrected chi connectivity index (χ1v) is 11.9. The van der Waals surface area contributed by atoms with E-state index in [2.05, 4.69) is 37.2 Å². The highest BCUT2D eigenvalue weighted by Gasteiger charge is 2.36. The molecule has 0 aliphatic rings. The van der Waals surface area contributed by atoms with Gasteiger partial charge in [0, 0.05) is 32.8 Å². The number of nitrogens with one attached hydrogen (secondary N) is 2. The zero-order valence-corrected chi connectivity index (χ0v) is 22.1. The van der Waals surface area contributed by atoms with Crippen LogP contribution < -0.4 is 10.8 Å². The lowest BCUT2D eigenvalue weighted by Gasteiger charge is -2.34. The van der Waals surface area contributed by atoms with Crippen molar-refractivity contribution < 1.29 is 29.4 Å². The van der Waals surface area contributed by atoms with E-state index in [4.69, 9.17) is 9.94 Å². The van der Waals surface area contributed by atoms with Gasteiger partial charge in [-0.2, -0.15) is 0 Å². The first-order valence-electron chi connectivity index (χ1n) is 10.3. The summed E-state index contributed by atoms with van der Waals surface area (Å²) in [4.78, 5) is 35.5. The SMILES string of the molecule is CC(=O)c1ccc(NC(=O)O[C@H](c2cc(Br)cc(Br)c2O)C(C)(C)CC/C=C/C(=O)NO)cc1. The average Bonchev–Trinajstić information content (AvgIpc) is 2.77. The van der Waals surface area contributed by atoms with Crippen LogP contribution >= 0.6 is 31.9 Å². The molecule has 0 saturated heterocycles. The highest BCUT2D eigenvalue weighted by atomic mass is 79.9. The lowest BCUT2D eigenvalue weighted by atomic mass is 9.78. The number of carbonyl (C=O) groups excluding carboxylic acids is 3. The minimum atomic E-state index is -0.863. The Morgan fingerprint density at radius 3 is 2.38 bits per heavy atom. The summed E-state index contributed by atoms with van der Waals surface area (Å²) in [5, 5.41) is 22.0. The van der Waals surface area contributed by atoms with E-state index in [1.54, 1.807) is 42.5 Å². The molecule has 0 heterocycles. The van der Waals surface area contributed by atoms with Gasteiger partial charge in [0.25, 0.3) is 5.91 Å². The minimum Gasteiger partial charge on any atom is -0.506 e. The Labute approximate surface area is 214 Å². The number of hydroxylamine groups is 1. The Hall–Kier alpha value is -2.69. The van der Waals surface area contributed by atoms with E-state index >= 15 is 0 Å². The van der Waals surface area contributed by atoms with E-state index in [-0.39, 0.29) is 11.5 Å². The summed E-state index contributed by atoms with van der Waals surface area (Å²) in [6.45, 7) is 5.21. The second kappa shape index (κ2) is 12.1. The van der Waals surface area contributed by atoms with Gasteiger partial charge in [0.2, 0.25) is 0 Å². The van der Waals surface area contributed by atoms with Gasteiger partial charge in [-0.15, -0.1) is 0 Å². The van der Waals surface area contributed by atoms with Gasteiger partial charge in [0.05, 0.1) is 4.47 Å². The van der Waals surface area contributed by atoms with Crippen LogP contribution in [0, 0.1) is 5.41 Å². The number of Topliss-reactive ketones (excluding diaryl/α,β-unsaturated/α-hetero) is 1. The number of hydrogen-bond donors (Lipinski definition) is 4. The molecule has 10 heteroatoms. The number of aromatic hydroxyl groups is 1. The summed E-state index contributed by atoms with van der Waals surface area (Å²) in [5.74, 6) is -0.790. The maximum absolute atomic E-state index is 12.8. The molecule has 1 atom stereocenters. The normalized spacial score (nSPS) is 12.3. The number of amides is 2. The molecule has 2 rings (SSSR count). The van der Waals surface area contributed by atoms with Crippen LogP contribution in [-0.2, 0) is 9.53 Å². The van der Waals surface area contributed by atoms with Crippen LogP contribution in [0.1, 0.15) is 55.6 Å². The Morgan fingerprint density at radius 2 is 1.79 bits per heavy atom. The van der Waals surface area contributed by atoms with Crippen molar-refractivity contribution in [3.05, 3.63) is 68.6 Å². The summed E-state index contributed by atoms with van der Waals surface area (Å²) >= 11 is 6.72. The number of ketones is 1. The number of allylic oxidation sites excluding steroid dienone is 1. The van der Waals surface area contributed by atoms with Gasteiger partial charge in [-0.3, -0.25) is 20.1 Å². The zero-order valence-electron chi connectivity index (χ0n) is 18.9. The number of phenols is 1. The zero-order chi connectivity index (χ0) is 25.5. The minimum absolute atomic E-state index is 0.0601. The molecule has 4 N–H and O–H groups in total. The summed E-state index contributed by atoms with van der Waals surface area (Å²) < 4.78 is 6.92. The van der Waals surface area contributed by atoms with E-state index in [0.29, 0.717) is 38.6 Å². The highest BCUT2D eigenvalue weighted by Crippen LogP contribution is 2.46. The molecule has 0 radical (unpaired) electrons. The van der Waals surface area contributed by atoms with Crippen molar-refractivity contribution in [2.45, 2.75) is 39.7 Å². The van der Waals surface area contributed by atoms with Gasteiger partial charge in [-0.05, 0) is 72.1 Å². The molecule has 2 amide bonds. The van der Waals surface area contributed by atoms with Crippen molar-refractivity contribution in [3.63, 3.8) is 0 Å². The van der Waals surface area contributed by atoms with Crippen LogP contribution in [0.4, 0.5) is 10.5 Å². The van der Waals surface area contributed by atoms with Gasteiger partial charge >= 0.3 is 6.09 Å². The second-order valence-corrected chi connectivity index (χ2v) is 10.0. The molecule has 8 nitrogen and oxygen atoms in total. The largest absolute Gasteiger partial charge is 0.506 e. The molecule has 2 aromatic carbocycles. The molecule has 0 spiro atoms. The van der Waals surface area contributed by atoms with E-state index in [1.807, 2.05) is 13.8 Å². The highest BCUT2D eigenvalue weighted by molar-refractivity contribution is 9.11. The van der Waals surface area contributed by atoms with E-state index < -0.39 is 23.5 Å². The number of halogens is 2. The predicted octanol–water partition coefficient (Wildman–Crippen LogP) is 6.28. The third-order valence-electron chi connectivity index (χ3n) is 5.15. The maximum atomic E-state index is 12.8. The second-order valence-electron chi connectivity index (χ2n) is 8.28. The number of phenolic OH excluding ortho intramolecular Hbond substituents is 1. The van der Waals surface area contributed by atoms with Crippen LogP contribution in [0.3, 0.4) is 0 Å². The molecule has 0 unspecified atom stereocenters. The maximum Gasteiger partial charge on any atom is 0.412 e. The Balaban J connectivity index is 2.29. The van der Waals surface area contributed by atoms with Crippen molar-refractivity contribution >= 4 is 55.3 Å². The third kappa shape index (κ3) is 7.68. The lowest BCUT2D eigenvalue weighted by Crippen LogP contribution is -2.29. The fraction of sp³-hybridized carbons (Fsp3) is 0.292. The van der Waals surface area contributed by atoms with Gasteiger partial charge < -0.3 is 9.84 Å². The van der Waals surface area contributed by atoms with Gasteiger partial charge in [-0.1, -0.05) is 35.9 Å². The molecule has 0 fully saturated rings. The fourth-order valence-corrected chi connectivity index (χ4v) is 4.54. The summed E-state index contributed by atoms with van der Waals surface area (Å²) in [7, 11) is 0. The fourth-order valence-electron chi connectivity index (χ4n) is 3.29. The van der Waals surface area contributed by atoms with Crippen LogP contribution in [0.2, 0.25) is 0 Å². The number of carbonyl (C=O) groups is 3. The summed E-state index contributed by atoms with van der Waals surface area (Å²) in [6.07, 6.45) is 2.13. The number of hydrogen-bond acceptors (Lipinski definition) is 6. The van der Waals surface area contributed by atoms with Crippen molar-refractivity contribution in [2.75, 3.05) is 5.32 Å². The number of rotatable bonds is 9. The van der Waals surface area contributed by atoms with Crippen LogP contribution in [0.15, 0.2) is 57.5 Å². The van der Waals surface area contributed by atoms with E-state index in [0.717, 1.165) is 0 Å². The number of anilines is 1. The standard InChI is InChI=1S/C24H26Br2N2O6/c1-14(29)15-7-9-17(10-8-15)27-23(32)34-22(18-12-16(25)13-19(26)21(18)31)24(2,3)11-5-4-6-20(30)28-33/h4,6-10,12-13,22,31,33H,5,11H2,1-3H3,(H,27,32)(H,28,30)/b6-4+/t22-/m1/s1. The van der Waals surface area contributed by atoms with E-state index in [1.165, 1.54) is 18.5 Å². The molecular formula is C24H26Br2N2O6. The molecule has 0 aliphatic heterocycles. The molecule has 2 aromatic rings. The summed E-state index contributed by atoms with van der Waals surface area (Å²) in [5.41, 5.74) is 2.21. The first-order chi connectivity index (χ1) is 15.9. The predicted molar refractivity (Wildman–Crippen MR) is 135 cm³/mol. The van der Waals surface area contributed by atoms with Crippen LogP contribution in [0.25, 0.3) is 0 Å². The van der Waals surface area contributed by atoms with Crippen molar-refractivity contribution in [2.24, 2.45) is 5.41 Å². The van der Waals surface area contributed by atoms with Crippen molar-refractivity contribution in [1.82, 2.24) is 5.48 Å². The third-order valence-corrected chi connectivity index (χ3v) is 6.21. The molecule has 0 aliphatic carbocycles. The molecule has 0 saturated carbocycles. The first kappa shape index (κ1) is 27.6.